The first-order valence-electron chi connectivity index (χ1n) is 19.1. The minimum Gasteiger partial charge on any atom is -0.571 e. The smallest absolute Gasteiger partial charge is 0.338 e. The van der Waals surface area contributed by atoms with Crippen LogP contribution < -0.4 is 4.74 Å². The van der Waals surface area contributed by atoms with Gasteiger partial charge in [-0.25, -0.2) is 4.79 Å². The van der Waals surface area contributed by atoms with Crippen LogP contribution in [0.2, 0.25) is 0 Å². The normalized spacial score (nSPS) is 36.2. The number of aromatic hydroxyl groups is 4. The Morgan fingerprint density at radius 2 is 1.16 bits per heavy atom. The van der Waals surface area contributed by atoms with Gasteiger partial charge in [-0.2, -0.15) is 0 Å². The van der Waals surface area contributed by atoms with Crippen molar-refractivity contribution < 1.29 is 104 Å². The summed E-state index contributed by atoms with van der Waals surface area (Å²) in [5, 5.41) is 126. The zero-order valence-electron chi connectivity index (χ0n) is 32.1. The topological polar surface area (TPSA) is 337 Å². The minimum atomic E-state index is -1.86. The molecule has 3 aromatic rings. The fraction of sp³-hybridized carbons (Fsp3) is 0.475. The van der Waals surface area contributed by atoms with Gasteiger partial charge >= 0.3 is 5.97 Å². The molecule has 3 aromatic carbocycles. The maximum atomic E-state index is 12.5. The molecule has 0 bridgehead atoms. The number of hydrogen-bond acceptors (Lipinski definition) is 20. The maximum Gasteiger partial charge on any atom is 0.338 e. The Morgan fingerprint density at radius 1 is 0.623 bits per heavy atom. The van der Waals surface area contributed by atoms with Crippen LogP contribution in [-0.4, -0.2) is 177 Å². The lowest BCUT2D eigenvalue weighted by atomic mass is 9.98. The molecular weight excluding hydrogens is 816 g/mol. The fourth-order valence-corrected chi connectivity index (χ4v) is 7.09. The van der Waals surface area contributed by atoms with Crippen molar-refractivity contribution in [1.82, 2.24) is 0 Å². The number of aliphatic hydroxyl groups is 10. The number of phenolic OH excluding ortho intramolecular Hbond substituents is 3. The molecule has 0 radical (unpaired) electrons. The molecule has 4 aliphatic rings. The number of carbonyl (C=O) groups is 1. The van der Waals surface area contributed by atoms with Gasteiger partial charge in [-0.1, -0.05) is 0 Å². The van der Waals surface area contributed by atoms with E-state index in [1.807, 2.05) is 0 Å². The molecule has 21 heteroatoms. The molecule has 4 aliphatic heterocycles. The molecule has 0 aromatic heterocycles. The van der Waals surface area contributed by atoms with Crippen molar-refractivity contribution in [3.05, 3.63) is 83.1 Å². The van der Waals surface area contributed by atoms with Gasteiger partial charge in [0.1, 0.15) is 102 Å². The van der Waals surface area contributed by atoms with Crippen LogP contribution in [0, 0.1) is 0 Å². The van der Waals surface area contributed by atoms with E-state index in [0.29, 0.717) is 5.56 Å². The lowest BCUT2D eigenvalue weighted by molar-refractivity contribution is -0.325. The Hall–Kier alpha value is -4.85. The zero-order valence-corrected chi connectivity index (χ0v) is 32.1. The van der Waals surface area contributed by atoms with Crippen LogP contribution in [0.25, 0.3) is 6.08 Å². The Morgan fingerprint density at radius 3 is 1.79 bits per heavy atom. The van der Waals surface area contributed by atoms with E-state index in [1.54, 1.807) is 0 Å². The van der Waals surface area contributed by atoms with Gasteiger partial charge < -0.3 is 99.2 Å². The second-order valence-corrected chi connectivity index (χ2v) is 15.0. The number of phenols is 3. The van der Waals surface area contributed by atoms with E-state index in [2.05, 4.69) is 0 Å². The fourth-order valence-electron chi connectivity index (χ4n) is 7.09. The number of benzene rings is 3. The van der Waals surface area contributed by atoms with E-state index in [1.165, 1.54) is 67.6 Å². The third kappa shape index (κ3) is 9.34. The van der Waals surface area contributed by atoms with Crippen molar-refractivity contribution in [2.24, 2.45) is 0 Å². The number of hydrogen-bond donors (Lipinski definition) is 12. The van der Waals surface area contributed by atoms with E-state index in [0.717, 1.165) is 6.07 Å². The lowest BCUT2D eigenvalue weighted by Gasteiger charge is -2.42. The molecule has 16 atom stereocenters. The van der Waals surface area contributed by atoms with Crippen LogP contribution in [-0.2, 0) is 28.4 Å². The standard InChI is InChI=1S/C40H46O21/c1-15-27(44)30(47)33(50)38(56-15)55-14-26-29(46)32(49)35(52)40(61-26)59-24-12-21-22(43)10-20(11-23(21)58-36(24)16-2-6-18(41)7-3-16)57-39-34(51)31(48)28(45)25(60-39)13-54-37(53)17-4-8-19(42)9-5-17/h2-12,15,25-36,38-52H,13-14H2,1H3/p+1/t15-,25-,26+,27-,28+,29+,30+,31-,32-,33-,34-,35+,36?,38+,39+,40+/m0/s1. The first-order valence-corrected chi connectivity index (χ1v) is 19.1. The van der Waals surface area contributed by atoms with E-state index < -0.39 is 123 Å². The van der Waals surface area contributed by atoms with Gasteiger partial charge in [0.25, 0.3) is 11.9 Å². The van der Waals surface area contributed by atoms with Gasteiger partial charge in [-0.05, 0) is 55.5 Å². The molecule has 0 aliphatic carbocycles. The van der Waals surface area contributed by atoms with Gasteiger partial charge in [-0.3, -0.25) is 0 Å². The van der Waals surface area contributed by atoms with Gasteiger partial charge in [0.05, 0.1) is 29.9 Å². The highest BCUT2D eigenvalue weighted by molar-refractivity contribution is 5.89. The highest BCUT2D eigenvalue weighted by Crippen LogP contribution is 2.46. The summed E-state index contributed by atoms with van der Waals surface area (Å²) in [6.45, 7) is 0.309. The van der Waals surface area contributed by atoms with Gasteiger partial charge in [0.15, 0.2) is 12.0 Å². The predicted octanol–water partition coefficient (Wildman–Crippen LogP) is -2.15. The number of rotatable bonds is 11. The molecule has 61 heavy (non-hydrogen) atoms. The molecule has 3 fully saturated rings. The number of carbonyl (C=O) groups excluding carboxylic acids is 1. The largest absolute Gasteiger partial charge is 0.571 e. The van der Waals surface area contributed by atoms with E-state index >= 15 is 0 Å². The molecule has 0 saturated carbocycles. The summed E-state index contributed by atoms with van der Waals surface area (Å²) in [7, 11) is 0. The van der Waals surface area contributed by atoms with E-state index in [9.17, 15) is 66.1 Å². The molecule has 4 heterocycles. The molecule has 332 valence electrons. The SMILES string of the molecule is C[C@@H]1O[C@@H](OC[C@H]2O[C@@H](OC3=Cc4c(O)cc(O[C@@H]5O[C@@H](COC(=O)c6ccc(O)cc6)[C@@H](O)[C@H](O)[C@@H]5O)cc4[OH+]C3c3ccc(O)cc3)[C@H](O)[C@@H](O)[C@@H]2O)[C@@H](O)[C@H](O)[C@H]1O. The zero-order chi connectivity index (χ0) is 43.9. The second kappa shape index (κ2) is 18.2. The summed E-state index contributed by atoms with van der Waals surface area (Å²) in [5.74, 6) is -1.55. The summed E-state index contributed by atoms with van der Waals surface area (Å²) < 4.78 is 44.4. The van der Waals surface area contributed by atoms with Crippen LogP contribution in [0.4, 0.5) is 0 Å². The van der Waals surface area contributed by atoms with E-state index in [-0.39, 0.29) is 39.9 Å². The lowest BCUT2D eigenvalue weighted by Crippen LogP contribution is -2.61. The quantitative estimate of drug-likeness (QED) is 0.0722. The third-order valence-corrected chi connectivity index (χ3v) is 10.7. The molecule has 7 rings (SSSR count). The molecule has 3 saturated heterocycles. The summed E-state index contributed by atoms with van der Waals surface area (Å²) in [5.41, 5.74) is 0.552. The summed E-state index contributed by atoms with van der Waals surface area (Å²) in [6.07, 6.45) is -23.8. The van der Waals surface area contributed by atoms with Crippen molar-refractivity contribution in [3.8, 4) is 28.7 Å². The minimum absolute atomic E-state index is 0.0562. The van der Waals surface area contributed by atoms with E-state index in [4.69, 9.17) is 37.9 Å². The first kappa shape index (κ1) is 44.2. The van der Waals surface area contributed by atoms with Crippen LogP contribution in [0.5, 0.6) is 28.7 Å². The van der Waals surface area contributed by atoms with Gasteiger partial charge in [-0.15, -0.1) is 0 Å². The van der Waals surface area contributed by atoms with Crippen LogP contribution in [0.15, 0.2) is 66.4 Å². The second-order valence-electron chi connectivity index (χ2n) is 15.0. The summed E-state index contributed by atoms with van der Waals surface area (Å²) in [4.78, 5) is 12.5. The Kier molecular flexibility index (Phi) is 13.2. The highest BCUT2D eigenvalue weighted by Gasteiger charge is 2.49. The van der Waals surface area contributed by atoms with Gasteiger partial charge in [0, 0.05) is 12.1 Å². The molecule has 1 unspecified atom stereocenters. The van der Waals surface area contributed by atoms with Crippen molar-refractivity contribution >= 4 is 12.0 Å². The van der Waals surface area contributed by atoms with Crippen molar-refractivity contribution in [2.45, 2.75) is 105 Å². The number of esters is 1. The number of aliphatic hydroxyl groups excluding tert-OH is 9. The monoisotopic (exact) mass is 863 g/mol. The molecular formula is C40H47O21+. The maximum absolute atomic E-state index is 12.5. The number of ether oxygens (including phenoxy) is 8. The van der Waals surface area contributed by atoms with Crippen molar-refractivity contribution in [1.29, 1.82) is 0 Å². The average molecular weight is 864 g/mol. The molecule has 0 spiro atoms. The molecule has 21 nitrogen and oxygen atoms in total. The van der Waals surface area contributed by atoms with Crippen LogP contribution in [0.1, 0.15) is 34.5 Å². The Bertz CT molecular complexity index is 2010. The Labute approximate surface area is 345 Å². The molecule has 13 N–H and O–H groups in total. The van der Waals surface area contributed by atoms with Crippen LogP contribution >= 0.6 is 0 Å². The van der Waals surface area contributed by atoms with Crippen LogP contribution in [0.3, 0.4) is 0 Å². The Balaban J connectivity index is 1.09. The third-order valence-electron chi connectivity index (χ3n) is 10.7. The average Bonchev–Trinajstić information content (AvgIpc) is 3.24. The predicted molar refractivity (Wildman–Crippen MR) is 200 cm³/mol. The highest BCUT2D eigenvalue weighted by atomic mass is 16.7. The summed E-state index contributed by atoms with van der Waals surface area (Å²) >= 11 is 0. The molecule has 0 amide bonds. The van der Waals surface area contributed by atoms with Gasteiger partial charge in [0.2, 0.25) is 12.6 Å². The number of fused-ring (bicyclic) bond motifs is 1. The van der Waals surface area contributed by atoms with Crippen molar-refractivity contribution in [2.75, 3.05) is 13.2 Å². The summed E-state index contributed by atoms with van der Waals surface area (Å²) in [6, 6.07) is 13.4. The first-order chi connectivity index (χ1) is 29.0. The van der Waals surface area contributed by atoms with Crippen molar-refractivity contribution in [3.63, 3.8) is 0 Å².